The number of hydrogen-bond donors (Lipinski definition) is 2. The molecule has 0 unspecified atom stereocenters. The molecule has 2 N–H and O–H groups in total. The fourth-order valence-corrected chi connectivity index (χ4v) is 3.99. The molecule has 0 radical (unpaired) electrons. The first-order chi connectivity index (χ1) is 14.0. The van der Waals surface area contributed by atoms with E-state index in [4.69, 9.17) is 4.98 Å². The third kappa shape index (κ3) is 4.19. The van der Waals surface area contributed by atoms with Gasteiger partial charge in [-0.15, -0.1) is 0 Å². The first-order valence-electron chi connectivity index (χ1n) is 10.3. The standard InChI is InChI=1S/C24H28N4O/c1-16(2)14-21(24-26-19-9-5-6-10-20(19)27-24)25-23(29)13-12-17-15-28(3)22-11-7-4-8-18(17)22/h4-11,15-16,21H,12-14H2,1-3H3,(H,25,29)(H,26,27)/t21-/m0/s1. The Kier molecular flexibility index (Phi) is 5.38. The average Bonchev–Trinajstić information content (AvgIpc) is 3.27. The Bertz CT molecular complexity index is 1110. The van der Waals surface area contributed by atoms with Crippen LogP contribution in [0.1, 0.15) is 44.1 Å². The summed E-state index contributed by atoms with van der Waals surface area (Å²) in [6.45, 7) is 4.33. The predicted octanol–water partition coefficient (Wildman–Crippen LogP) is 4.89. The first kappa shape index (κ1) is 19.2. The number of nitrogens with zero attached hydrogens (tertiary/aromatic N) is 2. The molecule has 0 bridgehead atoms. The minimum atomic E-state index is -0.109. The van der Waals surface area contributed by atoms with Gasteiger partial charge in [0.15, 0.2) is 0 Å². The topological polar surface area (TPSA) is 62.7 Å². The lowest BCUT2D eigenvalue weighted by Gasteiger charge is -2.18. The Hall–Kier alpha value is -3.08. The molecular formula is C24H28N4O. The molecule has 1 amide bonds. The number of fused-ring (bicyclic) bond motifs is 2. The van der Waals surface area contributed by atoms with E-state index in [0.717, 1.165) is 29.7 Å². The second kappa shape index (κ2) is 8.11. The lowest BCUT2D eigenvalue weighted by Crippen LogP contribution is -2.30. The highest BCUT2D eigenvalue weighted by Crippen LogP contribution is 2.24. The fourth-order valence-electron chi connectivity index (χ4n) is 3.99. The van der Waals surface area contributed by atoms with Crippen LogP contribution in [0.4, 0.5) is 0 Å². The summed E-state index contributed by atoms with van der Waals surface area (Å²) in [6, 6.07) is 16.2. The summed E-state index contributed by atoms with van der Waals surface area (Å²) in [4.78, 5) is 20.9. The average molecular weight is 389 g/mol. The van der Waals surface area contributed by atoms with E-state index < -0.39 is 0 Å². The Morgan fingerprint density at radius 1 is 1.14 bits per heavy atom. The van der Waals surface area contributed by atoms with Crippen molar-refractivity contribution in [3.8, 4) is 0 Å². The fraction of sp³-hybridized carbons (Fsp3) is 0.333. The van der Waals surface area contributed by atoms with E-state index in [9.17, 15) is 4.79 Å². The Labute approximate surface area is 171 Å². The lowest BCUT2D eigenvalue weighted by atomic mass is 10.0. The number of carbonyl (C=O) groups excluding carboxylic acids is 1. The van der Waals surface area contributed by atoms with Crippen LogP contribution in [0.15, 0.2) is 54.7 Å². The first-order valence-corrected chi connectivity index (χ1v) is 10.3. The van der Waals surface area contributed by atoms with Gasteiger partial charge in [0.25, 0.3) is 0 Å². The molecule has 0 aliphatic rings. The maximum Gasteiger partial charge on any atom is 0.220 e. The number of para-hydroxylation sites is 3. The molecule has 2 aromatic heterocycles. The van der Waals surface area contributed by atoms with Crippen LogP contribution in [0.25, 0.3) is 21.9 Å². The van der Waals surface area contributed by atoms with E-state index in [1.165, 1.54) is 16.5 Å². The Balaban J connectivity index is 1.47. The minimum Gasteiger partial charge on any atom is -0.350 e. The van der Waals surface area contributed by atoms with Gasteiger partial charge in [-0.05, 0) is 42.5 Å². The summed E-state index contributed by atoms with van der Waals surface area (Å²) in [5, 5.41) is 4.43. The van der Waals surface area contributed by atoms with Gasteiger partial charge in [-0.2, -0.15) is 0 Å². The molecular weight excluding hydrogens is 360 g/mol. The zero-order chi connectivity index (χ0) is 20.4. The quantitative estimate of drug-likeness (QED) is 0.473. The number of benzene rings is 2. The van der Waals surface area contributed by atoms with Gasteiger partial charge in [-0.25, -0.2) is 4.98 Å². The van der Waals surface area contributed by atoms with Gasteiger partial charge in [-0.3, -0.25) is 4.79 Å². The lowest BCUT2D eigenvalue weighted by molar-refractivity contribution is -0.122. The highest BCUT2D eigenvalue weighted by molar-refractivity contribution is 5.85. The minimum absolute atomic E-state index is 0.0593. The molecule has 0 saturated heterocycles. The van der Waals surface area contributed by atoms with Crippen LogP contribution >= 0.6 is 0 Å². The van der Waals surface area contributed by atoms with Crippen LogP contribution in [-0.4, -0.2) is 20.4 Å². The summed E-state index contributed by atoms with van der Waals surface area (Å²) in [6.07, 6.45) is 4.16. The van der Waals surface area contributed by atoms with Crippen LogP contribution in [0.5, 0.6) is 0 Å². The van der Waals surface area contributed by atoms with Crippen molar-refractivity contribution in [2.75, 3.05) is 0 Å². The second-order valence-electron chi connectivity index (χ2n) is 8.17. The van der Waals surface area contributed by atoms with Crippen molar-refractivity contribution >= 4 is 27.8 Å². The summed E-state index contributed by atoms with van der Waals surface area (Å²) in [5.74, 6) is 1.34. The molecule has 0 aliphatic heterocycles. The van der Waals surface area contributed by atoms with Crippen molar-refractivity contribution in [2.45, 2.75) is 39.2 Å². The van der Waals surface area contributed by atoms with E-state index >= 15 is 0 Å². The number of imidazole rings is 1. The van der Waals surface area contributed by atoms with Crippen molar-refractivity contribution in [1.82, 2.24) is 19.9 Å². The SMILES string of the molecule is CC(C)C[C@H](NC(=O)CCc1cn(C)c2ccccc12)c1nc2ccccc2[nH]1. The molecule has 5 nitrogen and oxygen atoms in total. The van der Waals surface area contributed by atoms with Gasteiger partial charge in [0.05, 0.1) is 17.1 Å². The molecule has 5 heteroatoms. The number of nitrogens with one attached hydrogen (secondary N) is 2. The maximum absolute atomic E-state index is 12.8. The zero-order valence-electron chi connectivity index (χ0n) is 17.3. The molecule has 0 saturated carbocycles. The molecule has 4 aromatic rings. The number of rotatable bonds is 7. The van der Waals surface area contributed by atoms with Crippen LogP contribution in [-0.2, 0) is 18.3 Å². The maximum atomic E-state index is 12.8. The highest BCUT2D eigenvalue weighted by Gasteiger charge is 2.20. The molecule has 0 aliphatic carbocycles. The van der Waals surface area contributed by atoms with Crippen molar-refractivity contribution in [2.24, 2.45) is 13.0 Å². The third-order valence-corrected chi connectivity index (χ3v) is 5.38. The smallest absolute Gasteiger partial charge is 0.220 e. The third-order valence-electron chi connectivity index (χ3n) is 5.38. The van der Waals surface area contributed by atoms with E-state index in [2.05, 4.69) is 47.0 Å². The number of amides is 1. The highest BCUT2D eigenvalue weighted by atomic mass is 16.1. The van der Waals surface area contributed by atoms with Gasteiger partial charge < -0.3 is 14.9 Å². The number of aromatic amines is 1. The van der Waals surface area contributed by atoms with Crippen LogP contribution in [0, 0.1) is 5.92 Å². The number of aryl methyl sites for hydroxylation is 2. The van der Waals surface area contributed by atoms with Crippen molar-refractivity contribution in [3.05, 3.63) is 66.1 Å². The number of H-pyrrole nitrogens is 1. The molecule has 4 rings (SSSR count). The monoisotopic (exact) mass is 388 g/mol. The van der Waals surface area contributed by atoms with Crippen LogP contribution in [0.3, 0.4) is 0 Å². The van der Waals surface area contributed by atoms with Gasteiger partial charge in [0, 0.05) is 30.6 Å². The van der Waals surface area contributed by atoms with E-state index in [1.54, 1.807) is 0 Å². The summed E-state index contributed by atoms with van der Waals surface area (Å²) in [7, 11) is 2.05. The number of hydrogen-bond acceptors (Lipinski definition) is 2. The number of aromatic nitrogens is 3. The molecule has 150 valence electrons. The van der Waals surface area contributed by atoms with Gasteiger partial charge in [0.2, 0.25) is 5.91 Å². The molecule has 2 heterocycles. The van der Waals surface area contributed by atoms with Gasteiger partial charge >= 0.3 is 0 Å². The molecule has 2 aromatic carbocycles. The summed E-state index contributed by atoms with van der Waals surface area (Å²) in [5.41, 5.74) is 4.34. The Morgan fingerprint density at radius 2 is 1.90 bits per heavy atom. The zero-order valence-corrected chi connectivity index (χ0v) is 17.3. The van der Waals surface area contributed by atoms with Gasteiger partial charge in [0.1, 0.15) is 5.82 Å². The summed E-state index contributed by atoms with van der Waals surface area (Å²) >= 11 is 0. The van der Waals surface area contributed by atoms with Gasteiger partial charge in [-0.1, -0.05) is 44.2 Å². The molecule has 0 fully saturated rings. The number of carbonyl (C=O) groups is 1. The largest absolute Gasteiger partial charge is 0.350 e. The Morgan fingerprint density at radius 3 is 2.69 bits per heavy atom. The molecule has 1 atom stereocenters. The van der Waals surface area contributed by atoms with E-state index in [0.29, 0.717) is 12.3 Å². The van der Waals surface area contributed by atoms with Crippen molar-refractivity contribution in [1.29, 1.82) is 0 Å². The van der Waals surface area contributed by atoms with Crippen LogP contribution < -0.4 is 5.32 Å². The van der Waals surface area contributed by atoms with Crippen molar-refractivity contribution < 1.29 is 4.79 Å². The van der Waals surface area contributed by atoms with Crippen molar-refractivity contribution in [3.63, 3.8) is 0 Å². The molecule has 0 spiro atoms. The second-order valence-corrected chi connectivity index (χ2v) is 8.17. The van der Waals surface area contributed by atoms with E-state index in [-0.39, 0.29) is 11.9 Å². The normalized spacial score (nSPS) is 12.7. The van der Waals surface area contributed by atoms with Crippen LogP contribution in [0.2, 0.25) is 0 Å². The summed E-state index contributed by atoms with van der Waals surface area (Å²) < 4.78 is 2.12. The van der Waals surface area contributed by atoms with E-state index in [1.807, 2.05) is 43.4 Å². The predicted molar refractivity (Wildman–Crippen MR) is 118 cm³/mol. The molecule has 29 heavy (non-hydrogen) atoms.